The molecule has 0 spiro atoms. The summed E-state index contributed by atoms with van der Waals surface area (Å²) >= 11 is 0. The van der Waals surface area contributed by atoms with Gasteiger partial charge in [0.2, 0.25) is 0 Å². The zero-order chi connectivity index (χ0) is 18.0. The second-order valence-electron chi connectivity index (χ2n) is 5.46. The molecule has 0 aliphatic carbocycles. The molecule has 0 bridgehead atoms. The normalized spacial score (nSPS) is 18.4. The van der Waals surface area contributed by atoms with Crippen LogP contribution in [0.2, 0.25) is 0 Å². The fraction of sp³-hybridized carbons (Fsp3) is 0.176. The number of ether oxygens (including phenoxy) is 2. The molecule has 1 unspecified atom stereocenters. The van der Waals surface area contributed by atoms with Crippen LogP contribution in [0.1, 0.15) is 17.3 Å². The summed E-state index contributed by atoms with van der Waals surface area (Å²) in [5.74, 6) is -1.18. The highest BCUT2D eigenvalue weighted by molar-refractivity contribution is 6.18. The van der Waals surface area contributed by atoms with Gasteiger partial charge in [-0.15, -0.1) is 0 Å². The molecule has 3 rings (SSSR count). The number of carbonyl (C=O) groups excluding carboxylic acids is 3. The van der Waals surface area contributed by atoms with Crippen molar-refractivity contribution in [3.8, 4) is 5.75 Å². The molecule has 0 fully saturated rings. The molecule has 0 saturated heterocycles. The Morgan fingerprint density at radius 2 is 1.96 bits per heavy atom. The molecule has 8 heteroatoms. The molecule has 1 aliphatic rings. The fourth-order valence-corrected chi connectivity index (χ4v) is 2.27. The Morgan fingerprint density at radius 3 is 2.64 bits per heavy atom. The summed E-state index contributed by atoms with van der Waals surface area (Å²) in [5.41, 5.74) is -0.998. The Labute approximate surface area is 143 Å². The van der Waals surface area contributed by atoms with Gasteiger partial charge in [-0.25, -0.2) is 9.78 Å². The van der Waals surface area contributed by atoms with Crippen molar-refractivity contribution in [3.63, 3.8) is 0 Å². The minimum Gasteiger partial charge on any atom is -0.465 e. The maximum Gasteiger partial charge on any atom is 0.337 e. The summed E-state index contributed by atoms with van der Waals surface area (Å²) < 4.78 is 10.2. The zero-order valence-corrected chi connectivity index (χ0v) is 13.5. The molecule has 8 nitrogen and oxygen atoms in total. The number of esters is 1. The van der Waals surface area contributed by atoms with E-state index in [0.717, 1.165) is 0 Å². The van der Waals surface area contributed by atoms with Gasteiger partial charge in [0.05, 0.1) is 12.7 Å². The molecule has 1 aromatic heterocycles. The molecule has 1 aromatic carbocycles. The quantitative estimate of drug-likeness (QED) is 0.649. The van der Waals surface area contributed by atoms with Crippen LogP contribution in [0.5, 0.6) is 5.75 Å². The van der Waals surface area contributed by atoms with Gasteiger partial charge in [-0.2, -0.15) is 0 Å². The molecule has 0 radical (unpaired) electrons. The van der Waals surface area contributed by atoms with E-state index in [1.165, 1.54) is 44.5 Å². The van der Waals surface area contributed by atoms with Gasteiger partial charge < -0.3 is 20.1 Å². The number of methoxy groups -OCH3 is 1. The van der Waals surface area contributed by atoms with Crippen LogP contribution in [0.15, 0.2) is 42.6 Å². The summed E-state index contributed by atoms with van der Waals surface area (Å²) in [4.78, 5) is 40.3. The summed E-state index contributed by atoms with van der Waals surface area (Å²) in [6.07, 6.45) is 1.51. The lowest BCUT2D eigenvalue weighted by Gasteiger charge is -2.32. The standard InChI is InChI=1S/C17H15N3O5/c1-17(16(23)20-13-12(25-17)4-3-9-18-13)15(22)19-11-7-5-10(6-8-11)14(21)24-2/h3-9H,1-2H3,(H,19,22)(H,18,20,23). The molecule has 2 N–H and O–H groups in total. The van der Waals surface area contributed by atoms with Gasteiger partial charge in [0.15, 0.2) is 11.6 Å². The maximum atomic E-state index is 12.6. The van der Waals surface area contributed by atoms with E-state index in [-0.39, 0.29) is 5.82 Å². The van der Waals surface area contributed by atoms with Gasteiger partial charge in [0.25, 0.3) is 17.4 Å². The van der Waals surface area contributed by atoms with Gasteiger partial charge in [-0.05, 0) is 43.3 Å². The average molecular weight is 341 g/mol. The molecular weight excluding hydrogens is 326 g/mol. The number of pyridine rings is 1. The molecule has 2 heterocycles. The number of hydrogen-bond donors (Lipinski definition) is 2. The third kappa shape index (κ3) is 3.01. The molecule has 2 aromatic rings. The Kier molecular flexibility index (Phi) is 4.10. The van der Waals surface area contributed by atoms with Crippen LogP contribution in [0, 0.1) is 0 Å². The van der Waals surface area contributed by atoms with Crippen molar-refractivity contribution in [2.24, 2.45) is 0 Å². The van der Waals surface area contributed by atoms with Crippen molar-refractivity contribution in [2.45, 2.75) is 12.5 Å². The van der Waals surface area contributed by atoms with Gasteiger partial charge in [-0.1, -0.05) is 0 Å². The lowest BCUT2D eigenvalue weighted by Crippen LogP contribution is -2.56. The number of anilines is 2. The summed E-state index contributed by atoms with van der Waals surface area (Å²) in [5, 5.41) is 5.15. The highest BCUT2D eigenvalue weighted by Crippen LogP contribution is 2.32. The maximum absolute atomic E-state index is 12.6. The Hall–Kier alpha value is -3.42. The second kappa shape index (κ2) is 6.23. The molecular formula is C17H15N3O5. The van der Waals surface area contributed by atoms with Crippen LogP contribution in [0.3, 0.4) is 0 Å². The number of hydrogen-bond acceptors (Lipinski definition) is 6. The monoisotopic (exact) mass is 341 g/mol. The minimum absolute atomic E-state index is 0.264. The second-order valence-corrected chi connectivity index (χ2v) is 5.46. The first-order chi connectivity index (χ1) is 11.9. The highest BCUT2D eigenvalue weighted by atomic mass is 16.5. The van der Waals surface area contributed by atoms with Crippen LogP contribution in [-0.4, -0.2) is 35.5 Å². The van der Waals surface area contributed by atoms with Crippen LogP contribution in [0.4, 0.5) is 11.5 Å². The summed E-state index contributed by atoms with van der Waals surface area (Å²) in [6.45, 7) is 1.37. The van der Waals surface area contributed by atoms with Crippen LogP contribution in [-0.2, 0) is 14.3 Å². The number of carbonyl (C=O) groups is 3. The number of nitrogens with zero attached hydrogens (tertiary/aromatic N) is 1. The van der Waals surface area contributed by atoms with E-state index >= 15 is 0 Å². The van der Waals surface area contributed by atoms with E-state index < -0.39 is 23.4 Å². The highest BCUT2D eigenvalue weighted by Gasteiger charge is 2.47. The molecule has 0 saturated carbocycles. The van der Waals surface area contributed by atoms with Crippen molar-refractivity contribution < 1.29 is 23.9 Å². The summed E-state index contributed by atoms with van der Waals surface area (Å²) in [6, 6.07) is 9.32. The molecule has 2 amide bonds. The SMILES string of the molecule is COC(=O)c1ccc(NC(=O)C2(C)Oc3cccnc3NC2=O)cc1. The molecule has 1 atom stereocenters. The smallest absolute Gasteiger partial charge is 0.337 e. The molecule has 25 heavy (non-hydrogen) atoms. The third-order valence-corrected chi connectivity index (χ3v) is 3.75. The van der Waals surface area contributed by atoms with E-state index in [4.69, 9.17) is 4.74 Å². The van der Waals surface area contributed by atoms with Crippen LogP contribution in [0.25, 0.3) is 0 Å². The van der Waals surface area contributed by atoms with Crippen molar-refractivity contribution in [1.29, 1.82) is 0 Å². The fourth-order valence-electron chi connectivity index (χ4n) is 2.27. The zero-order valence-electron chi connectivity index (χ0n) is 13.5. The minimum atomic E-state index is -1.75. The number of fused-ring (bicyclic) bond motifs is 1. The van der Waals surface area contributed by atoms with Crippen molar-refractivity contribution >= 4 is 29.3 Å². The third-order valence-electron chi connectivity index (χ3n) is 3.75. The van der Waals surface area contributed by atoms with Gasteiger partial charge in [-0.3, -0.25) is 9.59 Å². The predicted octanol–water partition coefficient (Wildman–Crippen LogP) is 1.60. The lowest BCUT2D eigenvalue weighted by atomic mass is 10.0. The van der Waals surface area contributed by atoms with Crippen molar-refractivity contribution in [2.75, 3.05) is 17.7 Å². The van der Waals surface area contributed by atoms with E-state index in [1.807, 2.05) is 0 Å². The number of rotatable bonds is 3. The first-order valence-electron chi connectivity index (χ1n) is 7.39. The van der Waals surface area contributed by atoms with Crippen LogP contribution < -0.4 is 15.4 Å². The van der Waals surface area contributed by atoms with E-state index in [1.54, 1.807) is 12.1 Å². The van der Waals surface area contributed by atoms with Crippen molar-refractivity contribution in [1.82, 2.24) is 4.98 Å². The van der Waals surface area contributed by atoms with Gasteiger partial charge in [0.1, 0.15) is 0 Å². The number of nitrogens with one attached hydrogen (secondary N) is 2. The van der Waals surface area contributed by atoms with E-state index in [0.29, 0.717) is 17.0 Å². The Morgan fingerprint density at radius 1 is 1.24 bits per heavy atom. The van der Waals surface area contributed by atoms with E-state index in [2.05, 4.69) is 20.4 Å². The first-order valence-corrected chi connectivity index (χ1v) is 7.39. The topological polar surface area (TPSA) is 107 Å². The molecule has 1 aliphatic heterocycles. The molecule has 128 valence electrons. The number of benzene rings is 1. The number of amides is 2. The lowest BCUT2D eigenvalue weighted by molar-refractivity contribution is -0.143. The largest absolute Gasteiger partial charge is 0.465 e. The van der Waals surface area contributed by atoms with Crippen LogP contribution >= 0.6 is 0 Å². The summed E-state index contributed by atoms with van der Waals surface area (Å²) in [7, 11) is 1.28. The Bertz CT molecular complexity index is 850. The van der Waals surface area contributed by atoms with Gasteiger partial charge in [0, 0.05) is 11.9 Å². The Balaban J connectivity index is 1.78. The first kappa shape index (κ1) is 16.4. The van der Waals surface area contributed by atoms with Crippen molar-refractivity contribution in [3.05, 3.63) is 48.2 Å². The average Bonchev–Trinajstić information content (AvgIpc) is 2.62. The predicted molar refractivity (Wildman–Crippen MR) is 88.3 cm³/mol. The van der Waals surface area contributed by atoms with Gasteiger partial charge >= 0.3 is 5.97 Å². The van der Waals surface area contributed by atoms with E-state index in [9.17, 15) is 14.4 Å². The number of aromatic nitrogens is 1.